The average molecular weight is 809 g/mol. The predicted octanol–water partition coefficient (Wildman–Crippen LogP) is 4.78. The molecule has 4 aromatic carbocycles. The molecule has 2 unspecified atom stereocenters. The van der Waals surface area contributed by atoms with Crippen molar-refractivity contribution in [3.8, 4) is 11.5 Å². The zero-order chi connectivity index (χ0) is 43.6. The Bertz CT molecular complexity index is 1800. The second kappa shape index (κ2) is 28.8. The van der Waals surface area contributed by atoms with Gasteiger partial charge in [-0.1, -0.05) is 60.7 Å². The van der Waals surface area contributed by atoms with E-state index >= 15 is 0 Å². The number of aryl methyl sites for hydroxylation is 4. The van der Waals surface area contributed by atoms with Crippen molar-refractivity contribution < 1.29 is 60.7 Å². The molecule has 0 aliphatic rings. The number of benzene rings is 4. The van der Waals surface area contributed by atoms with Crippen LogP contribution in [0.5, 0.6) is 11.5 Å². The van der Waals surface area contributed by atoms with Crippen LogP contribution in [0.3, 0.4) is 0 Å². The number of phenols is 2. The summed E-state index contributed by atoms with van der Waals surface area (Å²) in [4.78, 5) is 21.5. The van der Waals surface area contributed by atoms with Crippen molar-refractivity contribution in [1.82, 2.24) is 0 Å². The monoisotopic (exact) mass is 808 g/mol. The van der Waals surface area contributed by atoms with Gasteiger partial charge in [0.05, 0.1) is 51.8 Å². The minimum Gasteiger partial charge on any atom is -0.508 e. The molecule has 0 bridgehead atoms. The Morgan fingerprint density at radius 1 is 0.431 bits per heavy atom. The molecule has 2 atom stereocenters. The van der Waals surface area contributed by atoms with Gasteiger partial charge in [0.1, 0.15) is 23.1 Å². The van der Waals surface area contributed by atoms with Gasteiger partial charge in [0.15, 0.2) is 0 Å². The van der Waals surface area contributed by atoms with Crippen LogP contribution in [0.1, 0.15) is 109 Å². The van der Waals surface area contributed by atoms with E-state index in [9.17, 15) is 19.8 Å². The molecule has 0 saturated carbocycles. The number of hydrogen-bond donors (Lipinski definition) is 10. The molecular formula is C46H64O12. The van der Waals surface area contributed by atoms with Gasteiger partial charge < -0.3 is 60.7 Å². The summed E-state index contributed by atoms with van der Waals surface area (Å²) in [7, 11) is 0. The lowest BCUT2D eigenvalue weighted by molar-refractivity contribution is -0.117. The topological polar surface area (TPSA) is 236 Å². The van der Waals surface area contributed by atoms with Crippen LogP contribution in [0.15, 0.2) is 72.8 Å². The maximum Gasteiger partial charge on any atom is 0.130 e. The largest absolute Gasteiger partial charge is 0.508 e. The van der Waals surface area contributed by atoms with Crippen LogP contribution in [-0.4, -0.2) is 74.8 Å². The minimum atomic E-state index is -0.324. The molecule has 0 radical (unpaired) electrons. The molecule has 320 valence electrons. The normalized spacial score (nSPS) is 11.5. The predicted molar refractivity (Wildman–Crippen MR) is 223 cm³/mol. The zero-order valence-corrected chi connectivity index (χ0v) is 34.3. The molecule has 4 aromatic rings. The van der Waals surface area contributed by atoms with E-state index in [1.165, 1.54) is 0 Å². The fourth-order valence-electron chi connectivity index (χ4n) is 5.46. The van der Waals surface area contributed by atoms with Crippen LogP contribution >= 0.6 is 0 Å². The van der Waals surface area contributed by atoms with E-state index in [1.807, 2.05) is 42.5 Å². The fraction of sp³-hybridized carbons (Fsp3) is 0.435. The number of aromatic hydroxyl groups is 2. The number of hydrogen-bond acceptors (Lipinski definition) is 12. The number of ketones is 2. The number of aliphatic hydroxyl groups excluding tert-OH is 8. The van der Waals surface area contributed by atoms with Crippen molar-refractivity contribution in [1.29, 1.82) is 0 Å². The van der Waals surface area contributed by atoms with Gasteiger partial charge in [-0.25, -0.2) is 0 Å². The first kappa shape index (κ1) is 51.5. The lowest BCUT2D eigenvalue weighted by Gasteiger charge is -2.09. The molecule has 4 rings (SSSR count). The van der Waals surface area contributed by atoms with Crippen LogP contribution in [0.2, 0.25) is 0 Å². The summed E-state index contributed by atoms with van der Waals surface area (Å²) >= 11 is 0. The third-order valence-corrected chi connectivity index (χ3v) is 9.10. The molecule has 10 N–H and O–H groups in total. The molecule has 0 spiro atoms. The van der Waals surface area contributed by atoms with Gasteiger partial charge in [0, 0.05) is 24.0 Å². The molecule has 0 aliphatic heterocycles. The van der Waals surface area contributed by atoms with Crippen LogP contribution in [-0.2, 0) is 74.9 Å². The van der Waals surface area contributed by atoms with Crippen LogP contribution in [0.25, 0.3) is 0 Å². The fourth-order valence-corrected chi connectivity index (χ4v) is 5.46. The van der Waals surface area contributed by atoms with Crippen LogP contribution < -0.4 is 0 Å². The highest BCUT2D eigenvalue weighted by Gasteiger charge is 2.06. The van der Waals surface area contributed by atoms with E-state index in [0.29, 0.717) is 49.7 Å². The Hall–Kier alpha value is -4.50. The number of rotatable bonds is 18. The third kappa shape index (κ3) is 20.8. The number of carbonyl (C=O) groups is 2. The maximum absolute atomic E-state index is 10.8. The first-order valence-electron chi connectivity index (χ1n) is 19.4. The third-order valence-electron chi connectivity index (χ3n) is 9.10. The molecule has 0 heterocycles. The van der Waals surface area contributed by atoms with Gasteiger partial charge in [0.25, 0.3) is 0 Å². The average Bonchev–Trinajstić information content (AvgIpc) is 3.21. The first-order valence-corrected chi connectivity index (χ1v) is 19.4. The Labute approximate surface area is 342 Å². The highest BCUT2D eigenvalue weighted by atomic mass is 16.3. The molecule has 0 amide bonds. The van der Waals surface area contributed by atoms with Gasteiger partial charge >= 0.3 is 0 Å². The summed E-state index contributed by atoms with van der Waals surface area (Å²) in [6.45, 7) is 6.03. The van der Waals surface area contributed by atoms with E-state index in [-0.39, 0.29) is 74.9 Å². The van der Waals surface area contributed by atoms with E-state index in [0.717, 1.165) is 57.3 Å². The second-order valence-corrected chi connectivity index (χ2v) is 14.3. The van der Waals surface area contributed by atoms with Gasteiger partial charge in [0.2, 0.25) is 0 Å². The Balaban J connectivity index is 0.000000387. The molecule has 58 heavy (non-hydrogen) atoms. The van der Waals surface area contributed by atoms with Crippen molar-refractivity contribution in [2.45, 2.75) is 131 Å². The van der Waals surface area contributed by atoms with Crippen molar-refractivity contribution in [3.05, 3.63) is 128 Å². The molecule has 12 heteroatoms. The van der Waals surface area contributed by atoms with E-state index in [2.05, 4.69) is 0 Å². The summed E-state index contributed by atoms with van der Waals surface area (Å²) in [6, 6.07) is 21.4. The molecule has 12 nitrogen and oxygen atoms in total. The summed E-state index contributed by atoms with van der Waals surface area (Å²) < 4.78 is 0. The SMILES string of the molecule is CC(=O)CCc1ccc(CO)c(CO)c1.CC(=O)CCc1ccc(CO)c(O)c1.CC(O)CCc1ccc(CO)c(CO)c1.CC(O)CCc1ccc(CO)c(O)c1. The van der Waals surface area contributed by atoms with E-state index < -0.39 is 0 Å². The molecule has 0 aliphatic carbocycles. The number of carbonyl (C=O) groups excluding carboxylic acids is 2. The summed E-state index contributed by atoms with van der Waals surface area (Å²) in [5.74, 6) is 0.506. The maximum atomic E-state index is 10.8. The van der Waals surface area contributed by atoms with Crippen molar-refractivity contribution in [3.63, 3.8) is 0 Å². The van der Waals surface area contributed by atoms with Crippen LogP contribution in [0.4, 0.5) is 0 Å². The van der Waals surface area contributed by atoms with Crippen molar-refractivity contribution >= 4 is 11.6 Å². The van der Waals surface area contributed by atoms with E-state index in [1.54, 1.807) is 58.0 Å². The summed E-state index contributed by atoms with van der Waals surface area (Å²) in [5, 5.41) is 90.9. The Kier molecular flexibility index (Phi) is 25.6. The lowest BCUT2D eigenvalue weighted by Crippen LogP contribution is -2.02. The quantitative estimate of drug-likeness (QED) is 0.0654. The van der Waals surface area contributed by atoms with Crippen LogP contribution in [0, 0.1) is 0 Å². The smallest absolute Gasteiger partial charge is 0.130 e. The Morgan fingerprint density at radius 2 is 0.707 bits per heavy atom. The van der Waals surface area contributed by atoms with Gasteiger partial charge in [-0.2, -0.15) is 0 Å². The zero-order valence-electron chi connectivity index (χ0n) is 34.3. The molecular weight excluding hydrogens is 744 g/mol. The lowest BCUT2D eigenvalue weighted by atomic mass is 10.0. The van der Waals surface area contributed by atoms with Crippen molar-refractivity contribution in [2.75, 3.05) is 0 Å². The molecule has 0 saturated heterocycles. The summed E-state index contributed by atoms with van der Waals surface area (Å²) in [6.07, 6.45) is 4.60. The highest BCUT2D eigenvalue weighted by molar-refractivity contribution is 5.76. The van der Waals surface area contributed by atoms with Crippen molar-refractivity contribution in [2.24, 2.45) is 0 Å². The first-order chi connectivity index (χ1) is 27.6. The molecule has 0 aromatic heterocycles. The van der Waals surface area contributed by atoms with Gasteiger partial charge in [-0.3, -0.25) is 0 Å². The van der Waals surface area contributed by atoms with E-state index in [4.69, 9.17) is 40.9 Å². The second-order valence-electron chi connectivity index (χ2n) is 14.3. The Morgan fingerprint density at radius 3 is 0.983 bits per heavy atom. The molecule has 0 fully saturated rings. The summed E-state index contributed by atoms with van der Waals surface area (Å²) in [5.41, 5.74) is 8.03. The van der Waals surface area contributed by atoms with Gasteiger partial charge in [-0.15, -0.1) is 0 Å². The number of Topliss-reactive ketones (excluding diaryl/α,β-unsaturated/α-hetero) is 2. The van der Waals surface area contributed by atoms with Gasteiger partial charge in [-0.05, 0) is 123 Å². The highest BCUT2D eigenvalue weighted by Crippen LogP contribution is 2.21. The number of aliphatic hydroxyl groups is 8. The minimum absolute atomic E-state index is 0.0490. The standard InChI is InChI=1S/C12H18O3.C12H16O3.C11H16O3.C11H14O3/c2*1-9(15)2-3-10-4-5-11(7-13)12(6-10)8-14;2*1-8(13)2-3-9-4-5-10(7-12)11(14)6-9/h4-6,9,13-15H,2-3,7-8H2,1H3;4-6,13-14H,2-3,7-8H2,1H3;4-6,8,12-14H,2-3,7H2,1H3;4-6,12,14H,2-3,7H2,1H3.